The number of nitrogens with one attached hydrogen (secondary N) is 1. The van der Waals surface area contributed by atoms with E-state index >= 15 is 0 Å². The van der Waals surface area contributed by atoms with Crippen LogP contribution < -0.4 is 10.2 Å². The Balaban J connectivity index is 1.91. The summed E-state index contributed by atoms with van der Waals surface area (Å²) in [5.41, 5.74) is 2.26. The van der Waals surface area contributed by atoms with Crippen molar-refractivity contribution in [3.05, 3.63) is 38.6 Å². The molecule has 2 aromatic heterocycles. The maximum Gasteiger partial charge on any atom is 0.151 e. The highest BCUT2D eigenvalue weighted by Crippen LogP contribution is 2.22. The molecule has 2 aromatic rings. The van der Waals surface area contributed by atoms with E-state index in [0.29, 0.717) is 0 Å². The lowest BCUT2D eigenvalue weighted by atomic mass is 10.3. The van der Waals surface area contributed by atoms with Crippen LogP contribution in [0.4, 0.5) is 5.82 Å². The first kappa shape index (κ1) is 15.4. The van der Waals surface area contributed by atoms with Gasteiger partial charge in [0.1, 0.15) is 0 Å². The summed E-state index contributed by atoms with van der Waals surface area (Å²) in [6, 6.07) is 6.19. The van der Waals surface area contributed by atoms with E-state index in [1.165, 1.54) is 5.56 Å². The van der Waals surface area contributed by atoms with Gasteiger partial charge in [0.2, 0.25) is 0 Å². The standard InChI is InChI=1S/C14H19BrN4S/c1-3-6-16-8-12-4-5-14(18-17-12)19(2)9-11-7-13(15)20-10-11/h4-5,7,10,16H,3,6,8-9H2,1-2H3. The van der Waals surface area contributed by atoms with E-state index in [1.54, 1.807) is 11.3 Å². The van der Waals surface area contributed by atoms with Crippen LogP contribution in [-0.4, -0.2) is 23.8 Å². The van der Waals surface area contributed by atoms with E-state index in [9.17, 15) is 0 Å². The molecule has 0 fully saturated rings. The molecule has 0 aliphatic heterocycles. The van der Waals surface area contributed by atoms with Gasteiger partial charge in [-0.1, -0.05) is 6.92 Å². The Morgan fingerprint density at radius 2 is 2.20 bits per heavy atom. The van der Waals surface area contributed by atoms with E-state index in [4.69, 9.17) is 0 Å². The third-order valence-corrected chi connectivity index (χ3v) is 4.42. The normalized spacial score (nSPS) is 10.8. The highest BCUT2D eigenvalue weighted by molar-refractivity contribution is 9.11. The predicted octanol–water partition coefficient (Wildman–Crippen LogP) is 3.44. The van der Waals surface area contributed by atoms with Crippen molar-refractivity contribution < 1.29 is 0 Å². The summed E-state index contributed by atoms with van der Waals surface area (Å²) in [4.78, 5) is 2.10. The molecule has 0 aliphatic carbocycles. The first-order valence-electron chi connectivity index (χ1n) is 6.66. The van der Waals surface area contributed by atoms with Gasteiger partial charge in [0, 0.05) is 20.1 Å². The Hall–Kier alpha value is -0.980. The number of rotatable bonds is 7. The minimum atomic E-state index is 0.780. The summed E-state index contributed by atoms with van der Waals surface area (Å²) < 4.78 is 1.16. The fourth-order valence-corrected chi connectivity index (χ4v) is 3.03. The summed E-state index contributed by atoms with van der Waals surface area (Å²) in [5, 5.41) is 14.0. The molecule has 2 rings (SSSR count). The smallest absolute Gasteiger partial charge is 0.151 e. The SMILES string of the molecule is CCCNCc1ccc(N(C)Cc2csc(Br)c2)nn1. The van der Waals surface area contributed by atoms with Crippen LogP contribution in [-0.2, 0) is 13.1 Å². The number of nitrogens with zero attached hydrogens (tertiary/aromatic N) is 3. The van der Waals surface area contributed by atoms with Crippen LogP contribution in [0.1, 0.15) is 24.6 Å². The van der Waals surface area contributed by atoms with E-state index < -0.39 is 0 Å². The van der Waals surface area contributed by atoms with Gasteiger partial charge in [0.25, 0.3) is 0 Å². The molecule has 0 bridgehead atoms. The lowest BCUT2D eigenvalue weighted by Gasteiger charge is -2.16. The third-order valence-electron chi connectivity index (χ3n) is 2.87. The molecular formula is C14H19BrN4S. The topological polar surface area (TPSA) is 41.0 Å². The summed E-state index contributed by atoms with van der Waals surface area (Å²) in [6.07, 6.45) is 1.13. The molecule has 0 unspecified atom stereocenters. The van der Waals surface area contributed by atoms with Gasteiger partial charge in [-0.2, -0.15) is 5.10 Å². The minimum absolute atomic E-state index is 0.780. The maximum atomic E-state index is 4.29. The zero-order valence-corrected chi connectivity index (χ0v) is 14.2. The molecule has 0 aliphatic rings. The summed E-state index contributed by atoms with van der Waals surface area (Å²) in [7, 11) is 2.03. The van der Waals surface area contributed by atoms with Crippen LogP contribution in [0.2, 0.25) is 0 Å². The number of anilines is 1. The van der Waals surface area contributed by atoms with Gasteiger partial charge in [0.15, 0.2) is 5.82 Å². The van der Waals surface area contributed by atoms with E-state index in [1.807, 2.05) is 19.2 Å². The Bertz CT molecular complexity index is 526. The van der Waals surface area contributed by atoms with Crippen LogP contribution in [0.5, 0.6) is 0 Å². The number of hydrogen-bond acceptors (Lipinski definition) is 5. The van der Waals surface area contributed by atoms with Crippen molar-refractivity contribution in [2.24, 2.45) is 0 Å². The van der Waals surface area contributed by atoms with Gasteiger partial charge in [-0.25, -0.2) is 0 Å². The molecule has 4 nitrogen and oxygen atoms in total. The molecule has 0 saturated carbocycles. The van der Waals surface area contributed by atoms with Crippen LogP contribution in [0.25, 0.3) is 0 Å². The summed E-state index contributed by atoms with van der Waals surface area (Å²) in [5.74, 6) is 0.895. The number of hydrogen-bond donors (Lipinski definition) is 1. The van der Waals surface area contributed by atoms with E-state index in [2.05, 4.69) is 54.7 Å². The Labute approximate surface area is 132 Å². The molecule has 1 N–H and O–H groups in total. The van der Waals surface area contributed by atoms with Crippen LogP contribution in [0.15, 0.2) is 27.4 Å². The molecule has 6 heteroatoms. The molecule has 108 valence electrons. The van der Waals surface area contributed by atoms with Crippen molar-refractivity contribution in [3.8, 4) is 0 Å². The van der Waals surface area contributed by atoms with E-state index in [-0.39, 0.29) is 0 Å². The lowest BCUT2D eigenvalue weighted by molar-refractivity contribution is 0.656. The minimum Gasteiger partial charge on any atom is -0.354 e. The predicted molar refractivity (Wildman–Crippen MR) is 88.2 cm³/mol. The molecule has 0 radical (unpaired) electrons. The average molecular weight is 355 g/mol. The maximum absolute atomic E-state index is 4.29. The van der Waals surface area contributed by atoms with Crippen molar-refractivity contribution in [1.82, 2.24) is 15.5 Å². The third kappa shape index (κ3) is 4.54. The number of thiophene rings is 1. The van der Waals surface area contributed by atoms with Crippen molar-refractivity contribution >= 4 is 33.1 Å². The van der Waals surface area contributed by atoms with Crippen molar-refractivity contribution in [3.63, 3.8) is 0 Å². The molecule has 0 aromatic carbocycles. The zero-order valence-electron chi connectivity index (χ0n) is 11.8. The number of aromatic nitrogens is 2. The average Bonchev–Trinajstić information content (AvgIpc) is 2.85. The Morgan fingerprint density at radius 3 is 2.80 bits per heavy atom. The monoisotopic (exact) mass is 354 g/mol. The fourth-order valence-electron chi connectivity index (χ4n) is 1.83. The Morgan fingerprint density at radius 1 is 1.35 bits per heavy atom. The molecule has 0 amide bonds. The highest BCUT2D eigenvalue weighted by Gasteiger charge is 2.06. The van der Waals surface area contributed by atoms with E-state index in [0.717, 1.165) is 41.4 Å². The van der Waals surface area contributed by atoms with Crippen LogP contribution in [0, 0.1) is 0 Å². The van der Waals surface area contributed by atoms with Gasteiger partial charge >= 0.3 is 0 Å². The largest absolute Gasteiger partial charge is 0.354 e. The van der Waals surface area contributed by atoms with Crippen LogP contribution in [0.3, 0.4) is 0 Å². The van der Waals surface area contributed by atoms with Gasteiger partial charge in [-0.3, -0.25) is 0 Å². The first-order valence-corrected chi connectivity index (χ1v) is 8.33. The molecule has 0 saturated heterocycles. The summed E-state index contributed by atoms with van der Waals surface area (Å²) in [6.45, 7) is 4.78. The zero-order chi connectivity index (χ0) is 14.4. The molecule has 0 spiro atoms. The quantitative estimate of drug-likeness (QED) is 0.773. The van der Waals surface area contributed by atoms with Crippen molar-refractivity contribution in [2.45, 2.75) is 26.4 Å². The Kier molecular flexibility index (Phi) is 5.94. The molecular weight excluding hydrogens is 336 g/mol. The second-order valence-electron chi connectivity index (χ2n) is 4.67. The first-order chi connectivity index (χ1) is 9.69. The van der Waals surface area contributed by atoms with Gasteiger partial charge in [-0.05, 0) is 58.0 Å². The molecule has 20 heavy (non-hydrogen) atoms. The second-order valence-corrected chi connectivity index (χ2v) is 6.97. The summed E-state index contributed by atoms with van der Waals surface area (Å²) >= 11 is 5.18. The second kappa shape index (κ2) is 7.71. The van der Waals surface area contributed by atoms with Gasteiger partial charge in [0.05, 0.1) is 9.48 Å². The van der Waals surface area contributed by atoms with Crippen LogP contribution >= 0.6 is 27.3 Å². The number of halogens is 1. The molecule has 2 heterocycles. The fraction of sp³-hybridized carbons (Fsp3) is 0.429. The molecule has 0 atom stereocenters. The van der Waals surface area contributed by atoms with Crippen molar-refractivity contribution in [2.75, 3.05) is 18.5 Å². The van der Waals surface area contributed by atoms with Gasteiger partial charge in [-0.15, -0.1) is 16.4 Å². The van der Waals surface area contributed by atoms with Crippen molar-refractivity contribution in [1.29, 1.82) is 0 Å². The van der Waals surface area contributed by atoms with Gasteiger partial charge < -0.3 is 10.2 Å². The lowest BCUT2D eigenvalue weighted by Crippen LogP contribution is -2.19. The highest BCUT2D eigenvalue weighted by atomic mass is 79.9.